The first-order chi connectivity index (χ1) is 9.80. The molecule has 0 aromatic heterocycles. The van der Waals surface area contributed by atoms with Crippen LogP contribution in [0, 0.1) is 0 Å². The minimum Gasteiger partial charge on any atom is -0.480 e. The van der Waals surface area contributed by atoms with Crippen LogP contribution in [0.2, 0.25) is 0 Å². The molecule has 1 aliphatic rings. The van der Waals surface area contributed by atoms with Crippen LogP contribution >= 0.6 is 0 Å². The first kappa shape index (κ1) is 17.7. The molecule has 1 aliphatic heterocycles. The summed E-state index contributed by atoms with van der Waals surface area (Å²) in [5, 5.41) is 15.0. The summed E-state index contributed by atoms with van der Waals surface area (Å²) in [5.74, 6) is -0.999. The number of hydrogen-bond acceptors (Lipinski definition) is 4. The van der Waals surface area contributed by atoms with Crippen molar-refractivity contribution in [1.82, 2.24) is 20.4 Å². The van der Waals surface area contributed by atoms with Crippen LogP contribution in [0.5, 0.6) is 0 Å². The third-order valence-corrected chi connectivity index (χ3v) is 3.49. The fraction of sp³-hybridized carbons (Fsp3) is 0.857. The van der Waals surface area contributed by atoms with Gasteiger partial charge in [0.1, 0.15) is 6.54 Å². The minimum atomic E-state index is -0.999. The van der Waals surface area contributed by atoms with Gasteiger partial charge >= 0.3 is 12.0 Å². The Labute approximate surface area is 126 Å². The number of rotatable bonds is 6. The number of amides is 2. The Bertz CT molecular complexity index is 349. The molecule has 1 saturated heterocycles. The molecule has 7 nitrogen and oxygen atoms in total. The van der Waals surface area contributed by atoms with Crippen LogP contribution in [-0.2, 0) is 4.79 Å². The van der Waals surface area contributed by atoms with Gasteiger partial charge in [0.05, 0.1) is 0 Å². The Morgan fingerprint density at radius 2 is 1.90 bits per heavy atom. The van der Waals surface area contributed by atoms with E-state index in [-0.39, 0.29) is 12.6 Å². The fourth-order valence-electron chi connectivity index (χ4n) is 2.28. The van der Waals surface area contributed by atoms with Gasteiger partial charge in [-0.3, -0.25) is 4.79 Å². The summed E-state index contributed by atoms with van der Waals surface area (Å²) in [7, 11) is 0. The molecule has 0 saturated carbocycles. The van der Waals surface area contributed by atoms with E-state index in [4.69, 9.17) is 5.11 Å². The molecule has 1 fully saturated rings. The second-order valence-electron chi connectivity index (χ2n) is 6.33. The van der Waals surface area contributed by atoms with Crippen molar-refractivity contribution in [2.75, 3.05) is 45.8 Å². The van der Waals surface area contributed by atoms with E-state index in [0.717, 1.165) is 39.1 Å². The first-order valence-electron chi connectivity index (χ1n) is 7.51. The molecular weight excluding hydrogens is 272 g/mol. The summed E-state index contributed by atoms with van der Waals surface area (Å²) in [4.78, 5) is 26.7. The average Bonchev–Trinajstić information content (AvgIpc) is 2.40. The second-order valence-corrected chi connectivity index (χ2v) is 6.33. The van der Waals surface area contributed by atoms with Crippen molar-refractivity contribution in [3.8, 4) is 0 Å². The van der Waals surface area contributed by atoms with Crippen LogP contribution in [0.15, 0.2) is 0 Å². The van der Waals surface area contributed by atoms with Gasteiger partial charge in [0.25, 0.3) is 0 Å². The summed E-state index contributed by atoms with van der Waals surface area (Å²) in [6.07, 6.45) is 0.872. The highest BCUT2D eigenvalue weighted by Crippen LogP contribution is 2.12. The molecule has 21 heavy (non-hydrogen) atoms. The SMILES string of the molecule is CC(C)(C)N(CC(=O)O)C(=O)NCCCN1CCNCC1. The molecule has 2 amide bonds. The van der Waals surface area contributed by atoms with Gasteiger partial charge in [-0.2, -0.15) is 0 Å². The van der Waals surface area contributed by atoms with Crippen LogP contribution in [0.4, 0.5) is 4.79 Å². The highest BCUT2D eigenvalue weighted by Gasteiger charge is 2.28. The Kier molecular flexibility index (Phi) is 6.91. The normalized spacial score (nSPS) is 16.5. The van der Waals surface area contributed by atoms with Crippen molar-refractivity contribution in [1.29, 1.82) is 0 Å². The van der Waals surface area contributed by atoms with E-state index in [0.29, 0.717) is 6.54 Å². The molecule has 0 aromatic rings. The maximum atomic E-state index is 12.1. The summed E-state index contributed by atoms with van der Waals surface area (Å²) in [5.41, 5.74) is -0.513. The minimum absolute atomic E-state index is 0.285. The zero-order valence-corrected chi connectivity index (χ0v) is 13.3. The number of aliphatic carboxylic acids is 1. The monoisotopic (exact) mass is 300 g/mol. The van der Waals surface area contributed by atoms with Crippen LogP contribution in [0.3, 0.4) is 0 Å². The van der Waals surface area contributed by atoms with Crippen molar-refractivity contribution in [3.05, 3.63) is 0 Å². The molecule has 0 bridgehead atoms. The smallest absolute Gasteiger partial charge is 0.323 e. The second kappa shape index (κ2) is 8.19. The van der Waals surface area contributed by atoms with Crippen LogP contribution in [-0.4, -0.2) is 78.3 Å². The maximum Gasteiger partial charge on any atom is 0.323 e. The van der Waals surface area contributed by atoms with E-state index in [1.807, 2.05) is 20.8 Å². The van der Waals surface area contributed by atoms with Crippen LogP contribution in [0.25, 0.3) is 0 Å². The van der Waals surface area contributed by atoms with Gasteiger partial charge in [-0.25, -0.2) is 4.79 Å². The number of hydrogen-bond donors (Lipinski definition) is 3. The number of piperazine rings is 1. The van der Waals surface area contributed by atoms with E-state index in [9.17, 15) is 9.59 Å². The third-order valence-electron chi connectivity index (χ3n) is 3.49. The lowest BCUT2D eigenvalue weighted by Crippen LogP contribution is -2.52. The van der Waals surface area contributed by atoms with Gasteiger partial charge in [-0.1, -0.05) is 0 Å². The molecule has 1 heterocycles. The molecule has 0 unspecified atom stereocenters. The van der Waals surface area contributed by atoms with Gasteiger partial charge in [0.2, 0.25) is 0 Å². The summed E-state index contributed by atoms with van der Waals surface area (Å²) in [6, 6.07) is -0.315. The predicted molar refractivity (Wildman–Crippen MR) is 81.4 cm³/mol. The van der Waals surface area contributed by atoms with Gasteiger partial charge < -0.3 is 25.5 Å². The largest absolute Gasteiger partial charge is 0.480 e. The summed E-state index contributed by atoms with van der Waals surface area (Å²) in [6.45, 7) is 10.8. The Morgan fingerprint density at radius 3 is 2.43 bits per heavy atom. The van der Waals surface area contributed by atoms with E-state index in [1.165, 1.54) is 4.90 Å². The first-order valence-corrected chi connectivity index (χ1v) is 7.51. The number of nitrogens with zero attached hydrogens (tertiary/aromatic N) is 2. The lowest BCUT2D eigenvalue weighted by molar-refractivity contribution is -0.138. The Morgan fingerprint density at radius 1 is 1.29 bits per heavy atom. The van der Waals surface area contributed by atoms with Crippen molar-refractivity contribution >= 4 is 12.0 Å². The zero-order valence-electron chi connectivity index (χ0n) is 13.3. The molecule has 3 N–H and O–H groups in total. The molecule has 0 aromatic carbocycles. The number of nitrogens with one attached hydrogen (secondary N) is 2. The number of carbonyl (C=O) groups excluding carboxylic acids is 1. The van der Waals surface area contributed by atoms with E-state index < -0.39 is 11.5 Å². The summed E-state index contributed by atoms with van der Waals surface area (Å²) < 4.78 is 0. The van der Waals surface area contributed by atoms with Gasteiger partial charge in [0, 0.05) is 38.3 Å². The number of carbonyl (C=O) groups is 2. The van der Waals surface area contributed by atoms with Crippen molar-refractivity contribution in [3.63, 3.8) is 0 Å². The van der Waals surface area contributed by atoms with E-state index >= 15 is 0 Å². The number of carboxylic acid groups (broad SMARTS) is 1. The van der Waals surface area contributed by atoms with E-state index in [2.05, 4.69) is 15.5 Å². The highest BCUT2D eigenvalue weighted by atomic mass is 16.4. The maximum absolute atomic E-state index is 12.1. The fourth-order valence-corrected chi connectivity index (χ4v) is 2.28. The van der Waals surface area contributed by atoms with Gasteiger partial charge in [-0.15, -0.1) is 0 Å². The van der Waals surface area contributed by atoms with Crippen LogP contribution < -0.4 is 10.6 Å². The highest BCUT2D eigenvalue weighted by molar-refractivity contribution is 5.80. The third kappa shape index (κ3) is 6.77. The zero-order chi connectivity index (χ0) is 15.9. The number of carboxylic acids is 1. The van der Waals surface area contributed by atoms with Crippen molar-refractivity contribution in [2.24, 2.45) is 0 Å². The average molecular weight is 300 g/mol. The topological polar surface area (TPSA) is 84.9 Å². The molecule has 0 radical (unpaired) electrons. The molecule has 122 valence electrons. The quantitative estimate of drug-likeness (QED) is 0.609. The van der Waals surface area contributed by atoms with E-state index in [1.54, 1.807) is 0 Å². The predicted octanol–water partition coefficient (Wildman–Crippen LogP) is 0.176. The van der Waals surface area contributed by atoms with Crippen molar-refractivity contribution in [2.45, 2.75) is 32.7 Å². The summed E-state index contributed by atoms with van der Waals surface area (Å²) >= 11 is 0. The van der Waals surface area contributed by atoms with Gasteiger partial charge in [-0.05, 0) is 33.7 Å². The molecule has 0 aliphatic carbocycles. The van der Waals surface area contributed by atoms with Gasteiger partial charge in [0.15, 0.2) is 0 Å². The molecule has 1 rings (SSSR count). The standard InChI is InChI=1S/C14H28N4O3/c1-14(2,3)18(11-12(19)20)13(21)16-5-4-8-17-9-6-15-7-10-17/h15H,4-11H2,1-3H3,(H,16,21)(H,19,20). The Balaban J connectivity index is 2.31. The number of urea groups is 1. The molecule has 0 atom stereocenters. The van der Waals surface area contributed by atoms with Crippen molar-refractivity contribution < 1.29 is 14.7 Å². The van der Waals surface area contributed by atoms with Crippen LogP contribution in [0.1, 0.15) is 27.2 Å². The Hall–Kier alpha value is -1.34. The lowest BCUT2D eigenvalue weighted by atomic mass is 10.1. The molecule has 7 heteroatoms. The molecule has 0 spiro atoms. The lowest BCUT2D eigenvalue weighted by Gasteiger charge is -2.34. The molecular formula is C14H28N4O3.